The Bertz CT molecular complexity index is 1060. The van der Waals surface area contributed by atoms with E-state index < -0.39 is 0 Å². The first-order valence-corrected chi connectivity index (χ1v) is 9.53. The van der Waals surface area contributed by atoms with Crippen LogP contribution in [0.5, 0.6) is 0 Å². The van der Waals surface area contributed by atoms with Gasteiger partial charge in [-0.1, -0.05) is 46.9 Å². The van der Waals surface area contributed by atoms with Crippen LogP contribution in [0.15, 0.2) is 54.9 Å². The third-order valence-corrected chi connectivity index (χ3v) is 5.52. The number of hydrogen-bond acceptors (Lipinski definition) is 4. The van der Waals surface area contributed by atoms with Gasteiger partial charge in [0.15, 0.2) is 5.82 Å². The van der Waals surface area contributed by atoms with Gasteiger partial charge >= 0.3 is 0 Å². The molecule has 2 heterocycles. The molecule has 130 valence electrons. The summed E-state index contributed by atoms with van der Waals surface area (Å²) in [4.78, 5) is 5.21. The SMILES string of the molecule is Clc1cccc(Nc2cc(-c3ccc(Cl)cc3Cl)c(-c3ncn[nH]3)s2)c1. The molecule has 0 unspecified atom stereocenters. The summed E-state index contributed by atoms with van der Waals surface area (Å²) in [6.45, 7) is 0. The van der Waals surface area contributed by atoms with Crippen molar-refractivity contribution in [3.05, 3.63) is 69.9 Å². The van der Waals surface area contributed by atoms with E-state index in [2.05, 4.69) is 20.5 Å². The highest BCUT2D eigenvalue weighted by Crippen LogP contribution is 2.44. The van der Waals surface area contributed by atoms with Gasteiger partial charge in [-0.2, -0.15) is 5.10 Å². The van der Waals surface area contributed by atoms with Crippen LogP contribution in [0.1, 0.15) is 0 Å². The van der Waals surface area contributed by atoms with E-state index in [1.165, 1.54) is 6.33 Å². The van der Waals surface area contributed by atoms with Gasteiger partial charge in [0.25, 0.3) is 0 Å². The molecule has 0 radical (unpaired) electrons. The van der Waals surface area contributed by atoms with Gasteiger partial charge in [-0.05, 0) is 36.4 Å². The van der Waals surface area contributed by atoms with Crippen LogP contribution in [-0.4, -0.2) is 15.2 Å². The summed E-state index contributed by atoms with van der Waals surface area (Å²) in [6.07, 6.45) is 1.48. The van der Waals surface area contributed by atoms with Gasteiger partial charge in [-0.25, -0.2) is 4.98 Å². The van der Waals surface area contributed by atoms with Crippen LogP contribution >= 0.6 is 46.1 Å². The van der Waals surface area contributed by atoms with Crippen LogP contribution in [0.25, 0.3) is 21.8 Å². The van der Waals surface area contributed by atoms with Crippen molar-refractivity contribution in [3.63, 3.8) is 0 Å². The molecule has 4 rings (SSSR count). The Morgan fingerprint density at radius 3 is 2.50 bits per heavy atom. The van der Waals surface area contributed by atoms with Crippen LogP contribution in [-0.2, 0) is 0 Å². The number of nitrogens with one attached hydrogen (secondary N) is 2. The van der Waals surface area contributed by atoms with Crippen molar-refractivity contribution >= 4 is 56.8 Å². The second-order valence-corrected chi connectivity index (χ2v) is 7.78. The number of hydrogen-bond donors (Lipinski definition) is 2. The zero-order chi connectivity index (χ0) is 18.1. The lowest BCUT2D eigenvalue weighted by atomic mass is 10.1. The molecular weight excluding hydrogens is 411 g/mol. The first-order chi connectivity index (χ1) is 12.6. The van der Waals surface area contributed by atoms with Crippen molar-refractivity contribution in [3.8, 4) is 21.8 Å². The average molecular weight is 422 g/mol. The number of benzene rings is 2. The number of thiophene rings is 1. The molecule has 0 aliphatic heterocycles. The zero-order valence-electron chi connectivity index (χ0n) is 13.1. The quantitative estimate of drug-likeness (QED) is 0.376. The monoisotopic (exact) mass is 420 g/mol. The summed E-state index contributed by atoms with van der Waals surface area (Å²) in [7, 11) is 0. The van der Waals surface area contributed by atoms with Gasteiger partial charge in [-0.3, -0.25) is 5.10 Å². The lowest BCUT2D eigenvalue weighted by Gasteiger charge is -2.05. The third-order valence-electron chi connectivity index (χ3n) is 3.68. The second kappa shape index (κ2) is 7.29. The topological polar surface area (TPSA) is 53.6 Å². The molecule has 0 bridgehead atoms. The molecule has 26 heavy (non-hydrogen) atoms. The van der Waals surface area contributed by atoms with Crippen LogP contribution in [0, 0.1) is 0 Å². The highest BCUT2D eigenvalue weighted by molar-refractivity contribution is 7.20. The maximum Gasteiger partial charge on any atom is 0.166 e. The van der Waals surface area contributed by atoms with Crippen molar-refractivity contribution < 1.29 is 0 Å². The summed E-state index contributed by atoms with van der Waals surface area (Å²) in [5, 5.41) is 13.0. The van der Waals surface area contributed by atoms with Crippen LogP contribution in [0.2, 0.25) is 15.1 Å². The Morgan fingerprint density at radius 2 is 1.77 bits per heavy atom. The first kappa shape index (κ1) is 17.4. The van der Waals surface area contributed by atoms with Gasteiger partial charge in [0.05, 0.1) is 9.88 Å². The van der Waals surface area contributed by atoms with Crippen LogP contribution < -0.4 is 5.32 Å². The predicted octanol–water partition coefficient (Wildman–Crippen LogP) is 6.90. The fourth-order valence-electron chi connectivity index (χ4n) is 2.56. The van der Waals surface area contributed by atoms with Crippen LogP contribution in [0.4, 0.5) is 10.7 Å². The lowest BCUT2D eigenvalue weighted by Crippen LogP contribution is -1.86. The van der Waals surface area contributed by atoms with E-state index in [4.69, 9.17) is 34.8 Å². The van der Waals surface area contributed by atoms with E-state index in [0.29, 0.717) is 20.9 Å². The summed E-state index contributed by atoms with van der Waals surface area (Å²) in [5.74, 6) is 0.676. The molecule has 0 amide bonds. The summed E-state index contributed by atoms with van der Waals surface area (Å²) in [6, 6.07) is 15.0. The zero-order valence-corrected chi connectivity index (χ0v) is 16.2. The van der Waals surface area contributed by atoms with E-state index >= 15 is 0 Å². The Labute approximate surface area is 168 Å². The van der Waals surface area contributed by atoms with Crippen molar-refractivity contribution in [2.75, 3.05) is 5.32 Å². The minimum Gasteiger partial charge on any atom is -0.347 e. The number of halogens is 3. The molecule has 2 aromatic carbocycles. The van der Waals surface area contributed by atoms with E-state index in [9.17, 15) is 0 Å². The van der Waals surface area contributed by atoms with Gasteiger partial charge < -0.3 is 5.32 Å². The molecule has 0 aliphatic carbocycles. The van der Waals surface area contributed by atoms with Gasteiger partial charge in [-0.15, -0.1) is 11.3 Å². The Hall–Kier alpha value is -2.05. The molecule has 0 atom stereocenters. The highest BCUT2D eigenvalue weighted by Gasteiger charge is 2.17. The largest absolute Gasteiger partial charge is 0.347 e. The Morgan fingerprint density at radius 1 is 0.923 bits per heavy atom. The minimum atomic E-state index is 0.574. The summed E-state index contributed by atoms with van der Waals surface area (Å²) < 4.78 is 0. The van der Waals surface area contributed by atoms with Crippen molar-refractivity contribution in [2.24, 2.45) is 0 Å². The molecule has 0 saturated heterocycles. The molecule has 2 aromatic heterocycles. The van der Waals surface area contributed by atoms with E-state index in [-0.39, 0.29) is 0 Å². The van der Waals surface area contributed by atoms with Crippen molar-refractivity contribution in [2.45, 2.75) is 0 Å². The first-order valence-electron chi connectivity index (χ1n) is 7.58. The number of rotatable bonds is 4. The fraction of sp³-hybridized carbons (Fsp3) is 0. The summed E-state index contributed by atoms with van der Waals surface area (Å²) in [5.41, 5.74) is 2.72. The molecule has 4 aromatic rings. The van der Waals surface area contributed by atoms with E-state index in [1.807, 2.05) is 42.5 Å². The number of anilines is 2. The molecule has 2 N–H and O–H groups in total. The minimum absolute atomic E-state index is 0.574. The lowest BCUT2D eigenvalue weighted by molar-refractivity contribution is 1.10. The molecule has 0 fully saturated rings. The number of nitrogens with zero attached hydrogens (tertiary/aromatic N) is 2. The van der Waals surface area contributed by atoms with Gasteiger partial charge in [0, 0.05) is 31.9 Å². The Balaban J connectivity index is 1.80. The van der Waals surface area contributed by atoms with E-state index in [0.717, 1.165) is 26.7 Å². The third kappa shape index (κ3) is 3.57. The maximum atomic E-state index is 6.42. The normalized spacial score (nSPS) is 10.9. The number of aromatic amines is 1. The Kier molecular flexibility index (Phi) is 4.87. The average Bonchev–Trinajstić information content (AvgIpc) is 3.24. The molecule has 0 aliphatic rings. The van der Waals surface area contributed by atoms with Crippen molar-refractivity contribution in [1.29, 1.82) is 0 Å². The molecule has 4 nitrogen and oxygen atoms in total. The molecule has 0 saturated carbocycles. The van der Waals surface area contributed by atoms with Gasteiger partial charge in [0.2, 0.25) is 0 Å². The predicted molar refractivity (Wildman–Crippen MR) is 110 cm³/mol. The standard InChI is InChI=1S/C18H11Cl3N4S/c19-10-2-1-3-12(6-10)24-16-8-14(13-5-4-11(20)7-15(13)21)17(26-16)18-22-9-23-25-18/h1-9,24H,(H,22,23,25). The van der Waals surface area contributed by atoms with Gasteiger partial charge in [0.1, 0.15) is 6.33 Å². The van der Waals surface area contributed by atoms with E-state index in [1.54, 1.807) is 17.4 Å². The second-order valence-electron chi connectivity index (χ2n) is 5.45. The molecule has 0 spiro atoms. The fourth-order valence-corrected chi connectivity index (χ4v) is 4.30. The van der Waals surface area contributed by atoms with Crippen molar-refractivity contribution in [1.82, 2.24) is 15.2 Å². The molecular formula is C18H11Cl3N4S. The highest BCUT2D eigenvalue weighted by atomic mass is 35.5. The maximum absolute atomic E-state index is 6.42. The van der Waals surface area contributed by atoms with Crippen LogP contribution in [0.3, 0.4) is 0 Å². The number of aromatic nitrogens is 3. The smallest absolute Gasteiger partial charge is 0.166 e. The molecule has 8 heteroatoms. The number of H-pyrrole nitrogens is 1. The summed E-state index contributed by atoms with van der Waals surface area (Å²) >= 11 is 20.1.